The molecule has 1 saturated heterocycles. The van der Waals surface area contributed by atoms with E-state index < -0.39 is 0 Å². The number of imide groups is 1. The third-order valence-corrected chi connectivity index (χ3v) is 5.82. The Kier molecular flexibility index (Phi) is 5.29. The minimum atomic E-state index is -0.262. The van der Waals surface area contributed by atoms with Crippen LogP contribution < -0.4 is 0 Å². The van der Waals surface area contributed by atoms with E-state index in [2.05, 4.69) is 23.8 Å². The van der Waals surface area contributed by atoms with E-state index in [0.29, 0.717) is 9.93 Å². The van der Waals surface area contributed by atoms with Gasteiger partial charge in [-0.3, -0.25) is 14.5 Å². The first-order valence-electron chi connectivity index (χ1n) is 9.14. The minimum Gasteiger partial charge on any atom is -0.347 e. The summed E-state index contributed by atoms with van der Waals surface area (Å²) in [7, 11) is 0. The first-order valence-corrected chi connectivity index (χ1v) is 10.3. The maximum Gasteiger partial charge on any atom is 0.293 e. The van der Waals surface area contributed by atoms with Gasteiger partial charge in [-0.1, -0.05) is 48.9 Å². The van der Waals surface area contributed by atoms with E-state index in [1.54, 1.807) is 12.1 Å². The zero-order chi connectivity index (χ0) is 19.7. The summed E-state index contributed by atoms with van der Waals surface area (Å²) in [6, 6.07) is 15.3. The Morgan fingerprint density at radius 1 is 1.11 bits per heavy atom. The highest BCUT2D eigenvalue weighted by molar-refractivity contribution is 8.18. The van der Waals surface area contributed by atoms with E-state index >= 15 is 0 Å². The normalized spacial score (nSPS) is 15.9. The topological polar surface area (TPSA) is 42.3 Å². The Bertz CT molecular complexity index is 1100. The molecule has 0 saturated carbocycles. The van der Waals surface area contributed by atoms with Gasteiger partial charge in [-0.2, -0.15) is 0 Å². The summed E-state index contributed by atoms with van der Waals surface area (Å²) in [5.74, 6) is -0.262. The quantitative estimate of drug-likeness (QED) is 0.488. The van der Waals surface area contributed by atoms with Crippen molar-refractivity contribution in [2.24, 2.45) is 0 Å². The molecule has 1 fully saturated rings. The first-order chi connectivity index (χ1) is 13.6. The Morgan fingerprint density at radius 3 is 2.71 bits per heavy atom. The fourth-order valence-corrected chi connectivity index (χ4v) is 4.45. The van der Waals surface area contributed by atoms with Gasteiger partial charge in [-0.05, 0) is 48.0 Å². The molecule has 0 radical (unpaired) electrons. The van der Waals surface area contributed by atoms with Crippen LogP contribution in [0.1, 0.15) is 24.5 Å². The molecule has 0 atom stereocenters. The van der Waals surface area contributed by atoms with Crippen LogP contribution in [0.2, 0.25) is 5.02 Å². The molecule has 0 spiro atoms. The molecule has 6 heteroatoms. The number of aryl methyl sites for hydroxylation is 1. The van der Waals surface area contributed by atoms with Crippen LogP contribution in [-0.4, -0.2) is 20.6 Å². The summed E-state index contributed by atoms with van der Waals surface area (Å²) in [6.45, 7) is 3.26. The molecular formula is C22H19ClN2O2S. The average molecular weight is 411 g/mol. The van der Waals surface area contributed by atoms with Crippen LogP contribution in [0, 0.1) is 0 Å². The van der Waals surface area contributed by atoms with Crippen molar-refractivity contribution >= 4 is 51.5 Å². The molecule has 1 aliphatic rings. The second-order valence-corrected chi connectivity index (χ2v) is 8.12. The Labute approximate surface area is 172 Å². The lowest BCUT2D eigenvalue weighted by Gasteiger charge is -2.12. The number of rotatable bonds is 5. The lowest BCUT2D eigenvalue weighted by molar-refractivity contribution is -0.123. The molecule has 0 bridgehead atoms. The average Bonchev–Trinajstić information content (AvgIpc) is 3.15. The molecule has 0 aliphatic carbocycles. The van der Waals surface area contributed by atoms with Crippen molar-refractivity contribution in [3.63, 3.8) is 0 Å². The molecule has 2 aromatic carbocycles. The van der Waals surface area contributed by atoms with Crippen LogP contribution in [0.15, 0.2) is 59.6 Å². The van der Waals surface area contributed by atoms with Crippen LogP contribution in [0.25, 0.3) is 17.0 Å². The summed E-state index contributed by atoms with van der Waals surface area (Å²) in [4.78, 5) is 27.0. The predicted molar refractivity (Wildman–Crippen MR) is 115 cm³/mol. The molecule has 4 rings (SSSR count). The van der Waals surface area contributed by atoms with Crippen molar-refractivity contribution in [1.29, 1.82) is 0 Å². The van der Waals surface area contributed by atoms with Gasteiger partial charge in [0.05, 0.1) is 11.4 Å². The smallest absolute Gasteiger partial charge is 0.293 e. The van der Waals surface area contributed by atoms with Gasteiger partial charge < -0.3 is 4.57 Å². The Balaban J connectivity index is 1.65. The van der Waals surface area contributed by atoms with Gasteiger partial charge in [0.1, 0.15) is 0 Å². The second kappa shape index (κ2) is 7.86. The van der Waals surface area contributed by atoms with Crippen LogP contribution in [0.3, 0.4) is 0 Å². The number of nitrogens with zero attached hydrogens (tertiary/aromatic N) is 2. The van der Waals surface area contributed by atoms with Crippen LogP contribution in [0.4, 0.5) is 4.79 Å². The van der Waals surface area contributed by atoms with E-state index in [-0.39, 0.29) is 17.7 Å². The number of halogens is 1. The molecular weight excluding hydrogens is 392 g/mol. The van der Waals surface area contributed by atoms with Crippen LogP contribution in [0.5, 0.6) is 0 Å². The Hall–Kier alpha value is -2.50. The van der Waals surface area contributed by atoms with Crippen molar-refractivity contribution in [3.05, 3.63) is 75.8 Å². The van der Waals surface area contributed by atoms with Gasteiger partial charge >= 0.3 is 0 Å². The Morgan fingerprint density at radius 2 is 1.93 bits per heavy atom. The number of hydrogen-bond donors (Lipinski definition) is 0. The molecule has 2 heterocycles. The summed E-state index contributed by atoms with van der Waals surface area (Å²) in [5.41, 5.74) is 2.92. The van der Waals surface area contributed by atoms with Crippen LogP contribution in [-0.2, 0) is 17.9 Å². The van der Waals surface area contributed by atoms with Crippen molar-refractivity contribution < 1.29 is 9.59 Å². The molecule has 1 aliphatic heterocycles. The summed E-state index contributed by atoms with van der Waals surface area (Å²) in [5, 5.41) is 1.41. The molecule has 142 valence electrons. The number of thioether (sulfide) groups is 1. The van der Waals surface area contributed by atoms with Crippen molar-refractivity contribution in [3.8, 4) is 0 Å². The molecule has 28 heavy (non-hydrogen) atoms. The lowest BCUT2D eigenvalue weighted by Crippen LogP contribution is -2.27. The van der Waals surface area contributed by atoms with E-state index in [4.69, 9.17) is 11.6 Å². The van der Waals surface area contributed by atoms with Crippen molar-refractivity contribution in [2.45, 2.75) is 26.4 Å². The van der Waals surface area contributed by atoms with Crippen molar-refractivity contribution in [1.82, 2.24) is 9.47 Å². The molecule has 2 amide bonds. The highest BCUT2D eigenvalue weighted by Gasteiger charge is 2.35. The summed E-state index contributed by atoms with van der Waals surface area (Å²) < 4.78 is 2.19. The van der Waals surface area contributed by atoms with Gasteiger partial charge in [-0.25, -0.2) is 0 Å². The lowest BCUT2D eigenvalue weighted by atomic mass is 10.1. The predicted octanol–water partition coefficient (Wildman–Crippen LogP) is 5.94. The number of carbonyl (C=O) groups excluding carboxylic acids is 2. The highest BCUT2D eigenvalue weighted by Crippen LogP contribution is 2.35. The number of para-hydroxylation sites is 1. The molecule has 0 unspecified atom stereocenters. The first kappa shape index (κ1) is 18.8. The maximum absolute atomic E-state index is 12.9. The molecule has 1 aromatic heterocycles. The third-order valence-electron chi connectivity index (χ3n) is 4.67. The van der Waals surface area contributed by atoms with Gasteiger partial charge in [-0.15, -0.1) is 0 Å². The van der Waals surface area contributed by atoms with E-state index in [9.17, 15) is 9.59 Å². The second-order valence-electron chi connectivity index (χ2n) is 6.69. The molecule has 0 N–H and O–H groups in total. The molecule has 3 aromatic rings. The monoisotopic (exact) mass is 410 g/mol. The van der Waals surface area contributed by atoms with Gasteiger partial charge in [0, 0.05) is 34.2 Å². The summed E-state index contributed by atoms with van der Waals surface area (Å²) >= 11 is 7.00. The fourth-order valence-electron chi connectivity index (χ4n) is 3.41. The zero-order valence-electron chi connectivity index (χ0n) is 15.4. The van der Waals surface area contributed by atoms with Gasteiger partial charge in [0.25, 0.3) is 11.1 Å². The number of carbonyl (C=O) groups is 2. The van der Waals surface area contributed by atoms with E-state index in [1.165, 1.54) is 4.90 Å². The SMILES string of the molecule is CCCn1cc(/C=C2\SC(=O)N(Cc3cccc(Cl)c3)C2=O)c2ccccc21. The van der Waals surface area contributed by atoms with Crippen LogP contribution >= 0.6 is 23.4 Å². The van der Waals surface area contributed by atoms with Gasteiger partial charge in [0.2, 0.25) is 0 Å². The zero-order valence-corrected chi connectivity index (χ0v) is 17.0. The number of aromatic nitrogens is 1. The number of benzene rings is 2. The number of hydrogen-bond acceptors (Lipinski definition) is 3. The highest BCUT2D eigenvalue weighted by atomic mass is 35.5. The van der Waals surface area contributed by atoms with E-state index in [1.807, 2.05) is 36.4 Å². The summed E-state index contributed by atoms with van der Waals surface area (Å²) in [6.07, 6.45) is 4.91. The fraction of sp³-hybridized carbons (Fsp3) is 0.182. The maximum atomic E-state index is 12.9. The standard InChI is InChI=1S/C22H19ClN2O2S/c1-2-10-24-14-16(18-8-3-4-9-19(18)24)12-20-21(26)25(22(27)28-20)13-15-6-5-7-17(23)11-15/h3-9,11-12,14H,2,10,13H2,1H3/b20-12-. The van der Waals surface area contributed by atoms with Gasteiger partial charge in [0.15, 0.2) is 0 Å². The largest absolute Gasteiger partial charge is 0.347 e. The third kappa shape index (κ3) is 3.60. The van der Waals surface area contributed by atoms with Crippen molar-refractivity contribution in [2.75, 3.05) is 0 Å². The van der Waals surface area contributed by atoms with E-state index in [0.717, 1.165) is 46.8 Å². The molecule has 4 nitrogen and oxygen atoms in total. The number of amides is 2. The number of fused-ring (bicyclic) bond motifs is 1. The minimum absolute atomic E-state index is 0.222.